The maximum Gasteiger partial charge on any atom is 0.255 e. The first-order chi connectivity index (χ1) is 8.65. The molecule has 0 bridgehead atoms. The Hall–Kier alpha value is -1.03. The van der Waals surface area contributed by atoms with Gasteiger partial charge in [-0.3, -0.25) is 4.79 Å². The van der Waals surface area contributed by atoms with Gasteiger partial charge in [-0.2, -0.15) is 0 Å². The van der Waals surface area contributed by atoms with E-state index in [0.29, 0.717) is 29.3 Å². The van der Waals surface area contributed by atoms with Gasteiger partial charge in [0.2, 0.25) is 0 Å². The first-order valence-corrected chi connectivity index (χ1v) is 7.20. The Morgan fingerprint density at radius 2 is 2.17 bits per heavy atom. The zero-order valence-electron chi connectivity index (χ0n) is 10.9. The van der Waals surface area contributed by atoms with Gasteiger partial charge in [0.25, 0.3) is 5.91 Å². The number of amides is 1. The Morgan fingerprint density at radius 3 is 2.83 bits per heavy atom. The molecule has 0 saturated heterocycles. The monoisotopic (exact) mass is 313 g/mol. The van der Waals surface area contributed by atoms with Crippen LogP contribution in [0.5, 0.6) is 5.75 Å². The van der Waals surface area contributed by atoms with E-state index in [-0.39, 0.29) is 5.91 Å². The lowest BCUT2D eigenvalue weighted by molar-refractivity contribution is 0.0949. The van der Waals surface area contributed by atoms with E-state index in [9.17, 15) is 4.79 Å². The molecular weight excluding hydrogens is 294 g/mol. The van der Waals surface area contributed by atoms with Crippen molar-refractivity contribution in [2.75, 3.05) is 13.2 Å². The largest absolute Gasteiger partial charge is 0.493 e. The van der Waals surface area contributed by atoms with Crippen LogP contribution < -0.4 is 10.1 Å². The second kappa shape index (κ2) is 8.14. The molecule has 0 aromatic heterocycles. The first-order valence-electron chi connectivity index (χ1n) is 6.29. The van der Waals surface area contributed by atoms with Crippen LogP contribution in [0.25, 0.3) is 0 Å². The molecule has 0 aliphatic rings. The summed E-state index contributed by atoms with van der Waals surface area (Å²) in [6.07, 6.45) is 2.02. The van der Waals surface area contributed by atoms with E-state index >= 15 is 0 Å². The number of nitrogens with one attached hydrogen (secondary N) is 1. The van der Waals surface area contributed by atoms with E-state index in [2.05, 4.69) is 28.2 Å². The Morgan fingerprint density at radius 1 is 1.44 bits per heavy atom. The number of rotatable bonds is 7. The Balaban J connectivity index is 2.50. The maximum atomic E-state index is 12.0. The van der Waals surface area contributed by atoms with Gasteiger partial charge in [0.05, 0.1) is 12.2 Å². The van der Waals surface area contributed by atoms with Gasteiger partial charge < -0.3 is 10.1 Å². The van der Waals surface area contributed by atoms with Gasteiger partial charge in [-0.25, -0.2) is 0 Å². The summed E-state index contributed by atoms with van der Waals surface area (Å²) in [6, 6.07) is 7.32. The fourth-order valence-corrected chi connectivity index (χ4v) is 1.94. The van der Waals surface area contributed by atoms with Crippen molar-refractivity contribution in [2.45, 2.75) is 31.5 Å². The number of ether oxygens (including phenoxy) is 1. The number of carbonyl (C=O) groups excluding carboxylic acids is 1. The molecule has 1 aromatic rings. The lowest BCUT2D eigenvalue weighted by atomic mass is 10.2. The Labute approximate surface area is 117 Å². The molecule has 0 saturated carbocycles. The average molecular weight is 314 g/mol. The van der Waals surface area contributed by atoms with E-state index in [0.717, 1.165) is 12.8 Å². The molecule has 1 atom stereocenters. The summed E-state index contributed by atoms with van der Waals surface area (Å²) in [6.45, 7) is 5.26. The van der Waals surface area contributed by atoms with Gasteiger partial charge >= 0.3 is 0 Å². The van der Waals surface area contributed by atoms with E-state index in [1.165, 1.54) is 0 Å². The molecule has 18 heavy (non-hydrogen) atoms. The van der Waals surface area contributed by atoms with Crippen molar-refractivity contribution in [3.8, 4) is 5.75 Å². The summed E-state index contributed by atoms with van der Waals surface area (Å²) in [5.74, 6) is 0.577. The molecule has 3 nitrogen and oxygen atoms in total. The zero-order chi connectivity index (χ0) is 13.4. The molecular formula is C14H20BrNO2. The summed E-state index contributed by atoms with van der Waals surface area (Å²) < 4.78 is 5.43. The third-order valence-electron chi connectivity index (χ3n) is 2.50. The van der Waals surface area contributed by atoms with E-state index in [1.54, 1.807) is 6.07 Å². The lowest BCUT2D eigenvalue weighted by Gasteiger charge is -2.10. The molecule has 1 unspecified atom stereocenters. The van der Waals surface area contributed by atoms with Crippen LogP contribution in [0.2, 0.25) is 0 Å². The van der Waals surface area contributed by atoms with Crippen molar-refractivity contribution in [1.82, 2.24) is 5.32 Å². The molecule has 1 aromatic carbocycles. The second-order valence-corrected chi connectivity index (χ2v) is 5.67. The fraction of sp³-hybridized carbons (Fsp3) is 0.500. The zero-order valence-corrected chi connectivity index (χ0v) is 12.5. The molecule has 0 radical (unpaired) electrons. The number of benzene rings is 1. The molecule has 1 N–H and O–H groups in total. The highest BCUT2D eigenvalue weighted by Crippen LogP contribution is 2.17. The molecule has 100 valence electrons. The predicted octanol–water partition coefficient (Wildman–Crippen LogP) is 3.38. The smallest absolute Gasteiger partial charge is 0.255 e. The van der Waals surface area contributed by atoms with Gasteiger partial charge in [-0.15, -0.1) is 0 Å². The van der Waals surface area contributed by atoms with Crippen LogP contribution in [0.15, 0.2) is 24.3 Å². The van der Waals surface area contributed by atoms with Crippen molar-refractivity contribution >= 4 is 21.8 Å². The first kappa shape index (κ1) is 15.0. The summed E-state index contributed by atoms with van der Waals surface area (Å²) in [5.41, 5.74) is 0.603. The molecule has 0 fully saturated rings. The molecule has 0 aliphatic heterocycles. The number of para-hydroxylation sites is 1. The van der Waals surface area contributed by atoms with E-state index in [4.69, 9.17) is 4.74 Å². The van der Waals surface area contributed by atoms with Crippen molar-refractivity contribution in [3.05, 3.63) is 29.8 Å². The fourth-order valence-electron chi connectivity index (χ4n) is 1.62. The normalized spacial score (nSPS) is 11.9. The second-order valence-electron chi connectivity index (χ2n) is 4.11. The molecule has 1 rings (SSSR count). The minimum absolute atomic E-state index is 0.0683. The highest BCUT2D eigenvalue weighted by molar-refractivity contribution is 9.09. The van der Waals surface area contributed by atoms with Crippen molar-refractivity contribution in [1.29, 1.82) is 0 Å². The minimum atomic E-state index is -0.0683. The van der Waals surface area contributed by atoms with Gasteiger partial charge in [-0.05, 0) is 31.9 Å². The van der Waals surface area contributed by atoms with Gasteiger partial charge in [0, 0.05) is 11.4 Å². The van der Waals surface area contributed by atoms with Crippen molar-refractivity contribution < 1.29 is 9.53 Å². The third kappa shape index (κ3) is 5.08. The van der Waals surface area contributed by atoms with Crippen LogP contribution in [-0.4, -0.2) is 23.9 Å². The summed E-state index contributed by atoms with van der Waals surface area (Å²) in [4.78, 5) is 12.5. The minimum Gasteiger partial charge on any atom is -0.493 e. The standard InChI is InChI=1S/C14H20BrNO2/c1-3-18-13-9-5-4-8-12(13)14(17)16-10-6-7-11(2)15/h4-5,8-9,11H,3,6-7,10H2,1-2H3,(H,16,17). The van der Waals surface area contributed by atoms with Gasteiger partial charge in [0.1, 0.15) is 5.75 Å². The van der Waals surface area contributed by atoms with Crippen LogP contribution in [0, 0.1) is 0 Å². The van der Waals surface area contributed by atoms with Crippen LogP contribution in [0.1, 0.15) is 37.0 Å². The number of hydrogen-bond acceptors (Lipinski definition) is 2. The highest BCUT2D eigenvalue weighted by atomic mass is 79.9. The number of halogens is 1. The Bertz CT molecular complexity index is 380. The SMILES string of the molecule is CCOc1ccccc1C(=O)NCCCC(C)Br. The molecule has 0 spiro atoms. The van der Waals surface area contributed by atoms with Crippen LogP contribution in [0.4, 0.5) is 0 Å². The van der Waals surface area contributed by atoms with E-state index in [1.807, 2.05) is 25.1 Å². The number of carbonyl (C=O) groups is 1. The van der Waals surface area contributed by atoms with Gasteiger partial charge in [0.15, 0.2) is 0 Å². The third-order valence-corrected chi connectivity index (χ3v) is 2.95. The van der Waals surface area contributed by atoms with Gasteiger partial charge in [-0.1, -0.05) is 35.0 Å². The highest BCUT2D eigenvalue weighted by Gasteiger charge is 2.10. The maximum absolute atomic E-state index is 12.0. The summed E-state index contributed by atoms with van der Waals surface area (Å²) >= 11 is 3.49. The van der Waals surface area contributed by atoms with Crippen molar-refractivity contribution in [2.24, 2.45) is 0 Å². The van der Waals surface area contributed by atoms with Crippen molar-refractivity contribution in [3.63, 3.8) is 0 Å². The van der Waals surface area contributed by atoms with Crippen LogP contribution in [-0.2, 0) is 0 Å². The van der Waals surface area contributed by atoms with Crippen LogP contribution >= 0.6 is 15.9 Å². The Kier molecular flexibility index (Phi) is 6.80. The predicted molar refractivity (Wildman–Crippen MR) is 77.6 cm³/mol. The molecule has 4 heteroatoms. The topological polar surface area (TPSA) is 38.3 Å². The average Bonchev–Trinajstić information content (AvgIpc) is 2.35. The molecule has 0 heterocycles. The molecule has 0 aliphatic carbocycles. The quantitative estimate of drug-likeness (QED) is 0.619. The number of alkyl halides is 1. The lowest BCUT2D eigenvalue weighted by Crippen LogP contribution is -2.25. The van der Waals surface area contributed by atoms with E-state index < -0.39 is 0 Å². The summed E-state index contributed by atoms with van der Waals surface area (Å²) in [7, 11) is 0. The van der Waals surface area contributed by atoms with Crippen LogP contribution in [0.3, 0.4) is 0 Å². The number of hydrogen-bond donors (Lipinski definition) is 1. The summed E-state index contributed by atoms with van der Waals surface area (Å²) in [5, 5.41) is 2.91. The molecule has 1 amide bonds.